The van der Waals surface area contributed by atoms with Gasteiger partial charge in [0.15, 0.2) is 5.96 Å². The Morgan fingerprint density at radius 1 is 1.31 bits per heavy atom. The number of nitrogens with two attached hydrogens (primary N) is 2. The zero-order valence-electron chi connectivity index (χ0n) is 8.85. The van der Waals surface area contributed by atoms with Crippen molar-refractivity contribution < 1.29 is 23.8 Å². The van der Waals surface area contributed by atoms with Crippen molar-refractivity contribution in [1.82, 2.24) is 0 Å². The van der Waals surface area contributed by atoms with Crippen LogP contribution in [0.1, 0.15) is 12.8 Å². The summed E-state index contributed by atoms with van der Waals surface area (Å²) >= 11 is 0. The molecule has 0 fully saturated rings. The minimum atomic E-state index is -4.59. The maximum Gasteiger partial charge on any atom is 0.338 e. The molecule has 0 amide bonds. The fourth-order valence-electron chi connectivity index (χ4n) is 1.17. The van der Waals surface area contributed by atoms with Crippen molar-refractivity contribution in [3.8, 4) is 0 Å². The van der Waals surface area contributed by atoms with Gasteiger partial charge < -0.3 is 26.1 Å². The number of aliphatic imine (C=N–C) groups is 1. The van der Waals surface area contributed by atoms with Crippen LogP contribution in [0.2, 0.25) is 0 Å². The first kappa shape index (κ1) is 15.6. The molecule has 0 bridgehead atoms. The van der Waals surface area contributed by atoms with Gasteiger partial charge in [0.1, 0.15) is 5.40 Å². The Hall–Kier alpha value is -0.390. The van der Waals surface area contributed by atoms with Crippen molar-refractivity contribution in [2.24, 2.45) is 16.5 Å². The Labute approximate surface area is 93.4 Å². The van der Waals surface area contributed by atoms with E-state index in [9.17, 15) is 14.0 Å². The molecule has 2 atom stereocenters. The second kappa shape index (κ2) is 5.80. The average molecular weight is 273 g/mol. The Morgan fingerprint density at radius 3 is 2.12 bits per heavy atom. The van der Waals surface area contributed by atoms with E-state index in [0.717, 1.165) is 6.66 Å². The van der Waals surface area contributed by atoms with Crippen molar-refractivity contribution in [1.29, 1.82) is 0 Å². The van der Waals surface area contributed by atoms with Gasteiger partial charge in [-0.05, 0) is 12.8 Å². The molecule has 0 aliphatic rings. The van der Waals surface area contributed by atoms with Crippen LogP contribution in [0.25, 0.3) is 0 Å². The molecule has 0 aliphatic heterocycles. The van der Waals surface area contributed by atoms with Crippen LogP contribution >= 0.6 is 15.0 Å². The van der Waals surface area contributed by atoms with Crippen LogP contribution in [-0.4, -0.2) is 39.2 Å². The molecule has 0 saturated heterocycles. The highest BCUT2D eigenvalue weighted by atomic mass is 31.2. The summed E-state index contributed by atoms with van der Waals surface area (Å²) in [6.07, 6.45) is 0.122. The number of guanidine groups is 1. The van der Waals surface area contributed by atoms with Gasteiger partial charge in [-0.15, -0.1) is 0 Å². The molecule has 0 heterocycles. The van der Waals surface area contributed by atoms with E-state index < -0.39 is 20.4 Å². The average Bonchev–Trinajstić information content (AvgIpc) is 1.97. The molecule has 0 aromatic carbocycles. The Kier molecular flexibility index (Phi) is 5.65. The number of hydrogen-bond acceptors (Lipinski definition) is 3. The molecule has 0 rings (SSSR count). The third-order valence-electron chi connectivity index (χ3n) is 1.86. The van der Waals surface area contributed by atoms with Gasteiger partial charge in [-0.25, -0.2) is 0 Å². The van der Waals surface area contributed by atoms with Gasteiger partial charge in [-0.1, -0.05) is 0 Å². The zero-order valence-corrected chi connectivity index (χ0v) is 10.6. The molecule has 0 aromatic heterocycles. The van der Waals surface area contributed by atoms with Crippen molar-refractivity contribution in [3.63, 3.8) is 0 Å². The smallest absolute Gasteiger partial charge is 0.338 e. The van der Waals surface area contributed by atoms with E-state index in [0.29, 0.717) is 0 Å². The van der Waals surface area contributed by atoms with Crippen LogP contribution in [0.4, 0.5) is 0 Å². The van der Waals surface area contributed by atoms with Crippen molar-refractivity contribution in [2.45, 2.75) is 18.2 Å². The molecular formula is C6H17N3O5P2. The van der Waals surface area contributed by atoms with E-state index >= 15 is 0 Å². The monoisotopic (exact) mass is 273 g/mol. The molecule has 0 spiro atoms. The molecule has 10 heteroatoms. The van der Waals surface area contributed by atoms with Gasteiger partial charge in [-0.3, -0.25) is 14.1 Å². The van der Waals surface area contributed by atoms with Crippen LogP contribution < -0.4 is 11.5 Å². The molecule has 8 nitrogen and oxygen atoms in total. The second-order valence-electron chi connectivity index (χ2n) is 3.46. The van der Waals surface area contributed by atoms with Gasteiger partial charge >= 0.3 is 7.60 Å². The number of nitrogens with zero attached hydrogens (tertiary/aromatic N) is 1. The minimum Gasteiger partial charge on any atom is -0.370 e. The van der Waals surface area contributed by atoms with Crippen molar-refractivity contribution >= 4 is 20.9 Å². The highest BCUT2D eigenvalue weighted by Gasteiger charge is 2.39. The maximum absolute atomic E-state index is 11.3. The summed E-state index contributed by atoms with van der Waals surface area (Å²) in [6.45, 7) is 1.09. The van der Waals surface area contributed by atoms with E-state index in [1.165, 1.54) is 0 Å². The van der Waals surface area contributed by atoms with E-state index in [1.807, 2.05) is 0 Å². The molecule has 7 N–H and O–H groups in total. The van der Waals surface area contributed by atoms with Gasteiger partial charge in [0.25, 0.3) is 0 Å². The lowest BCUT2D eigenvalue weighted by molar-refractivity contribution is 0.360. The van der Waals surface area contributed by atoms with Gasteiger partial charge in [0, 0.05) is 13.2 Å². The third-order valence-corrected chi connectivity index (χ3v) is 6.44. The molecule has 0 saturated carbocycles. The first-order valence-corrected chi connectivity index (χ1v) is 8.31. The second-order valence-corrected chi connectivity index (χ2v) is 8.18. The molecule has 0 aliphatic carbocycles. The Bertz CT molecular complexity index is 320. The lowest BCUT2D eigenvalue weighted by Gasteiger charge is -2.20. The normalized spacial score (nSPS) is 17.5. The lowest BCUT2D eigenvalue weighted by atomic mass is 10.3. The van der Waals surface area contributed by atoms with Crippen molar-refractivity contribution in [3.05, 3.63) is 0 Å². The van der Waals surface area contributed by atoms with Crippen LogP contribution in [0, 0.1) is 0 Å². The molecule has 16 heavy (non-hydrogen) atoms. The SMILES string of the molecule is CP(=O)(O)C(CCCN=C(N)N)P(=O)(O)O. The molecule has 0 aromatic rings. The first-order chi connectivity index (χ1) is 7.05. The predicted octanol–water partition coefficient (Wildman–Crippen LogP) is -0.556. The third kappa shape index (κ3) is 6.25. The summed E-state index contributed by atoms with van der Waals surface area (Å²) in [5.74, 6) is -0.128. The summed E-state index contributed by atoms with van der Waals surface area (Å²) < 4.78 is 22.3. The minimum absolute atomic E-state index is 0.106. The summed E-state index contributed by atoms with van der Waals surface area (Å²) in [7, 11) is -8.42. The highest BCUT2D eigenvalue weighted by Crippen LogP contribution is 2.61. The predicted molar refractivity (Wildman–Crippen MR) is 61.5 cm³/mol. The Morgan fingerprint density at radius 2 is 1.81 bits per heavy atom. The van der Waals surface area contributed by atoms with Gasteiger partial charge in [0.2, 0.25) is 7.37 Å². The standard InChI is InChI=1S/C6H17N3O5P2/c1-15(10,11)5(16(12,13)14)3-2-4-9-6(7)8/h5H,2-4H2,1H3,(H,10,11)(H4,7,8,9)(H2,12,13,14). The topological polar surface area (TPSA) is 159 Å². The van der Waals surface area contributed by atoms with Gasteiger partial charge in [-0.2, -0.15) is 0 Å². The zero-order chi connectivity index (χ0) is 13.0. The summed E-state index contributed by atoms with van der Waals surface area (Å²) in [6, 6.07) is 0. The fraction of sp³-hybridized carbons (Fsp3) is 0.833. The van der Waals surface area contributed by atoms with E-state index in [2.05, 4.69) is 4.99 Å². The first-order valence-electron chi connectivity index (χ1n) is 4.45. The number of hydrogen-bond donors (Lipinski definition) is 5. The molecule has 96 valence electrons. The van der Waals surface area contributed by atoms with Crippen LogP contribution in [0.5, 0.6) is 0 Å². The maximum atomic E-state index is 11.3. The fourth-order valence-corrected chi connectivity index (χ4v) is 4.58. The quantitative estimate of drug-likeness (QED) is 0.188. The van der Waals surface area contributed by atoms with Crippen LogP contribution in [0.15, 0.2) is 4.99 Å². The van der Waals surface area contributed by atoms with E-state index in [-0.39, 0.29) is 25.3 Å². The Balaban J connectivity index is 4.44. The summed E-state index contributed by atoms with van der Waals surface area (Å²) in [5.41, 5.74) is 10.1. The largest absolute Gasteiger partial charge is 0.370 e. The van der Waals surface area contributed by atoms with Crippen LogP contribution in [-0.2, 0) is 9.13 Å². The molecular weight excluding hydrogens is 256 g/mol. The van der Waals surface area contributed by atoms with Crippen LogP contribution in [0.3, 0.4) is 0 Å². The van der Waals surface area contributed by atoms with Gasteiger partial charge in [0.05, 0.1) is 0 Å². The van der Waals surface area contributed by atoms with E-state index in [4.69, 9.17) is 21.3 Å². The van der Waals surface area contributed by atoms with Crippen molar-refractivity contribution in [2.75, 3.05) is 13.2 Å². The molecule has 2 unspecified atom stereocenters. The highest BCUT2D eigenvalue weighted by molar-refractivity contribution is 7.73. The van der Waals surface area contributed by atoms with E-state index in [1.54, 1.807) is 0 Å². The number of rotatable bonds is 6. The summed E-state index contributed by atoms with van der Waals surface area (Å²) in [4.78, 5) is 30.6. The lowest BCUT2D eigenvalue weighted by Crippen LogP contribution is -2.23. The summed E-state index contributed by atoms with van der Waals surface area (Å²) in [5, 5.41) is -1.55. The molecule has 0 radical (unpaired) electrons.